The van der Waals surface area contributed by atoms with E-state index in [0.717, 1.165) is 5.56 Å². The molecule has 0 aliphatic carbocycles. The molecule has 2 N–H and O–H groups in total. The Balaban J connectivity index is 1.54. The molecule has 0 aromatic heterocycles. The van der Waals surface area contributed by atoms with Gasteiger partial charge in [-0.25, -0.2) is 4.79 Å². The van der Waals surface area contributed by atoms with Gasteiger partial charge in [0.15, 0.2) is 0 Å². The Kier molecular flexibility index (Phi) is 4.92. The second-order valence-corrected chi connectivity index (χ2v) is 6.88. The van der Waals surface area contributed by atoms with E-state index in [2.05, 4.69) is 10.6 Å². The number of benzene rings is 1. The van der Waals surface area contributed by atoms with E-state index in [0.29, 0.717) is 13.0 Å². The summed E-state index contributed by atoms with van der Waals surface area (Å²) >= 11 is 0. The van der Waals surface area contributed by atoms with Crippen LogP contribution < -0.4 is 10.6 Å². The lowest BCUT2D eigenvalue weighted by Gasteiger charge is -2.36. The minimum atomic E-state index is -0.540. The van der Waals surface area contributed by atoms with E-state index < -0.39 is 18.2 Å². The summed E-state index contributed by atoms with van der Waals surface area (Å²) in [6, 6.07) is 8.10. The molecule has 2 fully saturated rings. The number of carbonyl (C=O) groups is 3. The highest BCUT2D eigenvalue weighted by molar-refractivity contribution is 5.97. The van der Waals surface area contributed by atoms with Gasteiger partial charge in [-0.2, -0.15) is 0 Å². The van der Waals surface area contributed by atoms with Crippen LogP contribution in [-0.2, 0) is 20.9 Å². The van der Waals surface area contributed by atoms with Crippen LogP contribution in [0.5, 0.6) is 0 Å². The van der Waals surface area contributed by atoms with Crippen molar-refractivity contribution in [3.05, 3.63) is 35.9 Å². The van der Waals surface area contributed by atoms with Crippen molar-refractivity contribution in [2.24, 2.45) is 5.92 Å². The Labute approximate surface area is 146 Å². The molecule has 0 bridgehead atoms. The first-order chi connectivity index (χ1) is 12.0. The van der Waals surface area contributed by atoms with Gasteiger partial charge in [-0.1, -0.05) is 44.2 Å². The maximum Gasteiger partial charge on any atom is 0.407 e. The SMILES string of the molecule is CC(C)[C@H]1NC(=O)[C@@H]2C[C@H](NC(=O)OCc3ccccc3)CN2C1=O. The number of rotatable bonds is 4. The summed E-state index contributed by atoms with van der Waals surface area (Å²) in [5.74, 6) is -0.206. The van der Waals surface area contributed by atoms with Gasteiger partial charge in [-0.05, 0) is 17.9 Å². The van der Waals surface area contributed by atoms with Crippen molar-refractivity contribution in [2.75, 3.05) is 6.54 Å². The number of nitrogens with zero attached hydrogens (tertiary/aromatic N) is 1. The molecule has 7 nitrogen and oxygen atoms in total. The number of nitrogens with one attached hydrogen (secondary N) is 2. The number of alkyl carbamates (subject to hydrolysis) is 1. The van der Waals surface area contributed by atoms with E-state index >= 15 is 0 Å². The van der Waals surface area contributed by atoms with Gasteiger partial charge in [0.2, 0.25) is 11.8 Å². The lowest BCUT2D eigenvalue weighted by atomic mass is 9.98. The second-order valence-electron chi connectivity index (χ2n) is 6.88. The molecule has 7 heteroatoms. The smallest absolute Gasteiger partial charge is 0.407 e. The van der Waals surface area contributed by atoms with Gasteiger partial charge >= 0.3 is 6.09 Å². The molecule has 2 heterocycles. The fourth-order valence-electron chi connectivity index (χ4n) is 3.31. The zero-order valence-electron chi connectivity index (χ0n) is 14.4. The van der Waals surface area contributed by atoms with Crippen molar-refractivity contribution >= 4 is 17.9 Å². The molecule has 0 radical (unpaired) electrons. The second kappa shape index (κ2) is 7.13. The van der Waals surface area contributed by atoms with Gasteiger partial charge in [0.05, 0.1) is 6.04 Å². The standard InChI is InChI=1S/C18H23N3O4/c1-11(2)15-17(23)21-9-13(8-14(21)16(22)20-15)19-18(24)25-10-12-6-4-3-5-7-12/h3-7,11,13-15H,8-10H2,1-2H3,(H,19,24)(H,20,22)/t13-,14-,15+/m0/s1. The zero-order valence-corrected chi connectivity index (χ0v) is 14.4. The summed E-state index contributed by atoms with van der Waals surface area (Å²) in [6.45, 7) is 4.31. The lowest BCUT2D eigenvalue weighted by Crippen LogP contribution is -2.62. The Morgan fingerprint density at radius 2 is 2.04 bits per heavy atom. The van der Waals surface area contributed by atoms with Crippen LogP contribution in [0.4, 0.5) is 4.79 Å². The zero-order chi connectivity index (χ0) is 18.0. The topological polar surface area (TPSA) is 87.7 Å². The summed E-state index contributed by atoms with van der Waals surface area (Å²) in [4.78, 5) is 38.3. The van der Waals surface area contributed by atoms with Crippen LogP contribution >= 0.6 is 0 Å². The van der Waals surface area contributed by atoms with Crippen LogP contribution in [0.3, 0.4) is 0 Å². The van der Waals surface area contributed by atoms with E-state index in [1.54, 1.807) is 4.90 Å². The molecule has 1 aromatic carbocycles. The molecule has 3 rings (SSSR count). The Bertz CT molecular complexity index is 662. The minimum Gasteiger partial charge on any atom is -0.445 e. The predicted molar refractivity (Wildman–Crippen MR) is 90.4 cm³/mol. The molecule has 0 saturated carbocycles. The maximum absolute atomic E-state index is 12.5. The average Bonchev–Trinajstić information content (AvgIpc) is 3.01. The Morgan fingerprint density at radius 3 is 2.72 bits per heavy atom. The molecule has 2 saturated heterocycles. The number of ether oxygens (including phenoxy) is 1. The number of hydrogen-bond donors (Lipinski definition) is 2. The summed E-state index contributed by atoms with van der Waals surface area (Å²) < 4.78 is 5.20. The molecular weight excluding hydrogens is 322 g/mol. The third kappa shape index (κ3) is 3.75. The number of amides is 3. The molecular formula is C18H23N3O4. The van der Waals surface area contributed by atoms with Crippen LogP contribution in [0, 0.1) is 5.92 Å². The van der Waals surface area contributed by atoms with Crippen molar-refractivity contribution in [3.8, 4) is 0 Å². The van der Waals surface area contributed by atoms with Gasteiger partial charge in [-0.3, -0.25) is 9.59 Å². The van der Waals surface area contributed by atoms with E-state index in [-0.39, 0.29) is 30.4 Å². The Morgan fingerprint density at radius 1 is 1.32 bits per heavy atom. The highest BCUT2D eigenvalue weighted by atomic mass is 16.5. The normalized spacial score (nSPS) is 25.6. The van der Waals surface area contributed by atoms with Crippen molar-refractivity contribution in [1.82, 2.24) is 15.5 Å². The quantitative estimate of drug-likeness (QED) is 0.853. The molecule has 3 atom stereocenters. The van der Waals surface area contributed by atoms with Crippen LogP contribution in [-0.4, -0.2) is 47.5 Å². The third-order valence-electron chi connectivity index (χ3n) is 4.65. The first kappa shape index (κ1) is 17.3. The average molecular weight is 345 g/mol. The summed E-state index contributed by atoms with van der Waals surface area (Å²) in [5.41, 5.74) is 0.899. The summed E-state index contributed by atoms with van der Waals surface area (Å²) in [5, 5.41) is 5.54. The van der Waals surface area contributed by atoms with Crippen molar-refractivity contribution < 1.29 is 19.1 Å². The molecule has 25 heavy (non-hydrogen) atoms. The first-order valence-electron chi connectivity index (χ1n) is 8.53. The van der Waals surface area contributed by atoms with Gasteiger partial charge in [-0.15, -0.1) is 0 Å². The predicted octanol–water partition coefficient (Wildman–Crippen LogP) is 1.04. The van der Waals surface area contributed by atoms with E-state index in [1.807, 2.05) is 44.2 Å². The van der Waals surface area contributed by atoms with E-state index in [4.69, 9.17) is 4.74 Å². The fourth-order valence-corrected chi connectivity index (χ4v) is 3.31. The summed E-state index contributed by atoms with van der Waals surface area (Å²) in [6.07, 6.45) is -0.134. The third-order valence-corrected chi connectivity index (χ3v) is 4.65. The van der Waals surface area contributed by atoms with Gasteiger partial charge in [0.1, 0.15) is 18.7 Å². The molecule has 3 amide bonds. The maximum atomic E-state index is 12.5. The highest BCUT2D eigenvalue weighted by Gasteiger charge is 2.47. The molecule has 134 valence electrons. The largest absolute Gasteiger partial charge is 0.445 e. The molecule has 0 spiro atoms. The van der Waals surface area contributed by atoms with Crippen molar-refractivity contribution in [1.29, 1.82) is 0 Å². The number of carbonyl (C=O) groups excluding carboxylic acids is 3. The van der Waals surface area contributed by atoms with Crippen molar-refractivity contribution in [2.45, 2.75) is 45.0 Å². The van der Waals surface area contributed by atoms with Gasteiger partial charge < -0.3 is 20.3 Å². The monoisotopic (exact) mass is 345 g/mol. The fraction of sp³-hybridized carbons (Fsp3) is 0.500. The van der Waals surface area contributed by atoms with E-state index in [9.17, 15) is 14.4 Å². The molecule has 2 aliphatic rings. The molecule has 0 unspecified atom stereocenters. The van der Waals surface area contributed by atoms with Gasteiger partial charge in [0, 0.05) is 6.54 Å². The number of piperazine rings is 1. The van der Waals surface area contributed by atoms with Crippen LogP contribution in [0.2, 0.25) is 0 Å². The van der Waals surface area contributed by atoms with E-state index in [1.165, 1.54) is 0 Å². The first-order valence-corrected chi connectivity index (χ1v) is 8.53. The van der Waals surface area contributed by atoms with Gasteiger partial charge in [0.25, 0.3) is 0 Å². The molecule has 1 aromatic rings. The van der Waals surface area contributed by atoms with Crippen molar-refractivity contribution in [3.63, 3.8) is 0 Å². The highest BCUT2D eigenvalue weighted by Crippen LogP contribution is 2.24. The van der Waals surface area contributed by atoms with Crippen LogP contribution in [0.25, 0.3) is 0 Å². The Hall–Kier alpha value is -2.57. The summed E-state index contributed by atoms with van der Waals surface area (Å²) in [7, 11) is 0. The molecule has 2 aliphatic heterocycles. The van der Waals surface area contributed by atoms with Crippen LogP contribution in [0.15, 0.2) is 30.3 Å². The number of hydrogen-bond acceptors (Lipinski definition) is 4. The number of fused-ring (bicyclic) bond motifs is 1. The minimum absolute atomic E-state index is 0.0280. The van der Waals surface area contributed by atoms with Crippen LogP contribution in [0.1, 0.15) is 25.8 Å². The lowest BCUT2D eigenvalue weighted by molar-refractivity contribution is -0.148.